The van der Waals surface area contributed by atoms with E-state index in [0.29, 0.717) is 12.0 Å². The van der Waals surface area contributed by atoms with Crippen LogP contribution in [0.4, 0.5) is 4.39 Å². The molecular weight excluding hydrogens is 177 g/mol. The van der Waals surface area contributed by atoms with Crippen LogP contribution in [0.5, 0.6) is 0 Å². The van der Waals surface area contributed by atoms with Gasteiger partial charge in [-0.2, -0.15) is 0 Å². The third-order valence-electron chi connectivity index (χ3n) is 2.76. The molecular formula is C12H18FN. The Morgan fingerprint density at radius 3 is 2.14 bits per heavy atom. The van der Waals surface area contributed by atoms with Gasteiger partial charge in [0.25, 0.3) is 0 Å². The van der Waals surface area contributed by atoms with Crippen molar-refractivity contribution in [1.82, 2.24) is 0 Å². The van der Waals surface area contributed by atoms with E-state index in [-0.39, 0.29) is 6.54 Å². The molecule has 2 heteroatoms. The predicted octanol–water partition coefficient (Wildman–Crippen LogP) is 2.78. The lowest BCUT2D eigenvalue weighted by atomic mass is 9.92. The highest BCUT2D eigenvalue weighted by atomic mass is 19.1. The molecule has 0 aliphatic carbocycles. The monoisotopic (exact) mass is 195 g/mol. The minimum Gasteiger partial charge on any atom is -0.327 e. The number of hydrogen-bond donors (Lipinski definition) is 1. The van der Waals surface area contributed by atoms with Crippen LogP contribution in [0.2, 0.25) is 0 Å². The molecule has 1 nitrogen and oxygen atoms in total. The van der Waals surface area contributed by atoms with Crippen LogP contribution in [0.3, 0.4) is 0 Å². The molecule has 0 aliphatic heterocycles. The molecule has 0 aliphatic rings. The van der Waals surface area contributed by atoms with Gasteiger partial charge in [0.2, 0.25) is 0 Å². The molecule has 2 N–H and O–H groups in total. The van der Waals surface area contributed by atoms with Gasteiger partial charge in [-0.1, -0.05) is 38.1 Å². The maximum atomic E-state index is 14.1. The maximum absolute atomic E-state index is 14.1. The van der Waals surface area contributed by atoms with Gasteiger partial charge in [-0.15, -0.1) is 0 Å². The highest BCUT2D eigenvalue weighted by molar-refractivity contribution is 5.27. The Bertz CT molecular complexity index is 275. The number of halogens is 1. The smallest absolute Gasteiger partial charge is 0.147 e. The molecule has 78 valence electrons. The third-order valence-corrected chi connectivity index (χ3v) is 2.76. The topological polar surface area (TPSA) is 26.0 Å². The highest BCUT2D eigenvalue weighted by Gasteiger charge is 2.27. The van der Waals surface area contributed by atoms with Crippen LogP contribution in [0.1, 0.15) is 31.4 Å². The van der Waals surface area contributed by atoms with Gasteiger partial charge in [-0.3, -0.25) is 0 Å². The third kappa shape index (κ3) is 2.13. The summed E-state index contributed by atoms with van der Waals surface area (Å²) in [4.78, 5) is 0. The number of nitrogens with two attached hydrogens (primary N) is 1. The van der Waals surface area contributed by atoms with Crippen LogP contribution in [0.25, 0.3) is 0 Å². The van der Waals surface area contributed by atoms with Gasteiger partial charge in [0.15, 0.2) is 0 Å². The van der Waals surface area contributed by atoms with Crippen LogP contribution in [0, 0.1) is 0 Å². The second-order valence-electron chi connectivity index (χ2n) is 3.57. The average molecular weight is 195 g/mol. The first kappa shape index (κ1) is 11.2. The zero-order valence-corrected chi connectivity index (χ0v) is 8.89. The van der Waals surface area contributed by atoms with Gasteiger partial charge in [0.05, 0.1) is 0 Å². The molecule has 0 radical (unpaired) electrons. The van der Waals surface area contributed by atoms with E-state index in [2.05, 4.69) is 6.92 Å². The lowest BCUT2D eigenvalue weighted by molar-refractivity contribution is 0.169. The lowest BCUT2D eigenvalue weighted by Crippen LogP contribution is -2.29. The van der Waals surface area contributed by atoms with E-state index < -0.39 is 5.67 Å². The second kappa shape index (κ2) is 4.56. The summed E-state index contributed by atoms with van der Waals surface area (Å²) < 4.78 is 14.1. The van der Waals surface area contributed by atoms with E-state index in [4.69, 9.17) is 5.73 Å². The van der Waals surface area contributed by atoms with Crippen molar-refractivity contribution in [3.05, 3.63) is 35.4 Å². The number of rotatable bonds is 4. The number of alkyl halides is 1. The van der Waals surface area contributed by atoms with Gasteiger partial charge in [-0.25, -0.2) is 4.39 Å². The molecule has 0 saturated heterocycles. The first-order chi connectivity index (χ1) is 6.66. The molecule has 1 aromatic rings. The van der Waals surface area contributed by atoms with Gasteiger partial charge in [0.1, 0.15) is 5.67 Å². The summed E-state index contributed by atoms with van der Waals surface area (Å²) in [5.41, 5.74) is 6.01. The van der Waals surface area contributed by atoms with Gasteiger partial charge < -0.3 is 5.73 Å². The second-order valence-corrected chi connectivity index (χ2v) is 3.57. The zero-order chi connectivity index (χ0) is 10.6. The largest absolute Gasteiger partial charge is 0.327 e. The van der Waals surface area contributed by atoms with Crippen molar-refractivity contribution in [3.63, 3.8) is 0 Å². The Hall–Kier alpha value is -0.890. The van der Waals surface area contributed by atoms with Crippen molar-refractivity contribution < 1.29 is 4.39 Å². The zero-order valence-electron chi connectivity index (χ0n) is 8.89. The van der Waals surface area contributed by atoms with Gasteiger partial charge >= 0.3 is 0 Å². The molecule has 0 fully saturated rings. The molecule has 0 amide bonds. The molecule has 0 saturated carbocycles. The van der Waals surface area contributed by atoms with Crippen LogP contribution in [-0.4, -0.2) is 6.54 Å². The Morgan fingerprint density at radius 1 is 1.21 bits per heavy atom. The van der Waals surface area contributed by atoms with E-state index in [9.17, 15) is 4.39 Å². The Balaban J connectivity index is 2.95. The van der Waals surface area contributed by atoms with Crippen LogP contribution < -0.4 is 5.73 Å². The van der Waals surface area contributed by atoms with E-state index in [1.165, 1.54) is 5.56 Å². The molecule has 0 spiro atoms. The Kier molecular flexibility index (Phi) is 3.64. The van der Waals surface area contributed by atoms with Crippen molar-refractivity contribution in [3.8, 4) is 0 Å². The summed E-state index contributed by atoms with van der Waals surface area (Å²) in [6.45, 7) is 3.95. The van der Waals surface area contributed by atoms with Crippen molar-refractivity contribution >= 4 is 0 Å². The van der Waals surface area contributed by atoms with Crippen molar-refractivity contribution in [1.29, 1.82) is 0 Å². The number of benzene rings is 1. The fourth-order valence-corrected chi connectivity index (χ4v) is 1.51. The normalized spacial score (nSPS) is 15.1. The van der Waals surface area contributed by atoms with Crippen molar-refractivity contribution in [2.45, 2.75) is 32.4 Å². The molecule has 14 heavy (non-hydrogen) atoms. The highest BCUT2D eigenvalue weighted by Crippen LogP contribution is 2.28. The van der Waals surface area contributed by atoms with Crippen LogP contribution in [-0.2, 0) is 12.1 Å². The minimum absolute atomic E-state index is 0.0506. The summed E-state index contributed by atoms with van der Waals surface area (Å²) in [5.74, 6) is 0. The molecule has 1 aromatic carbocycles. The van der Waals surface area contributed by atoms with E-state index in [1.807, 2.05) is 31.2 Å². The van der Waals surface area contributed by atoms with Crippen molar-refractivity contribution in [2.75, 3.05) is 6.54 Å². The molecule has 1 rings (SSSR count). The van der Waals surface area contributed by atoms with Gasteiger partial charge in [0, 0.05) is 6.54 Å². The molecule has 1 atom stereocenters. The molecule has 0 unspecified atom stereocenters. The fraction of sp³-hybridized carbons (Fsp3) is 0.500. The fourth-order valence-electron chi connectivity index (χ4n) is 1.51. The van der Waals surface area contributed by atoms with E-state index in [0.717, 1.165) is 6.42 Å². The maximum Gasteiger partial charge on any atom is 0.147 e. The Morgan fingerprint density at radius 2 is 1.79 bits per heavy atom. The van der Waals surface area contributed by atoms with Crippen molar-refractivity contribution in [2.24, 2.45) is 5.73 Å². The van der Waals surface area contributed by atoms with Crippen LogP contribution >= 0.6 is 0 Å². The first-order valence-electron chi connectivity index (χ1n) is 5.14. The first-order valence-corrected chi connectivity index (χ1v) is 5.14. The molecule has 0 heterocycles. The van der Waals surface area contributed by atoms with E-state index in [1.54, 1.807) is 0 Å². The average Bonchev–Trinajstić information content (AvgIpc) is 2.28. The summed E-state index contributed by atoms with van der Waals surface area (Å²) in [6, 6.07) is 7.62. The Labute approximate surface area is 85.1 Å². The summed E-state index contributed by atoms with van der Waals surface area (Å²) >= 11 is 0. The van der Waals surface area contributed by atoms with E-state index >= 15 is 0 Å². The lowest BCUT2D eigenvalue weighted by Gasteiger charge is -2.22. The van der Waals surface area contributed by atoms with Crippen LogP contribution in [0.15, 0.2) is 24.3 Å². The quantitative estimate of drug-likeness (QED) is 0.785. The molecule has 0 aromatic heterocycles. The summed E-state index contributed by atoms with van der Waals surface area (Å²) in [6.07, 6.45) is 1.41. The van der Waals surface area contributed by atoms with Gasteiger partial charge in [-0.05, 0) is 24.0 Å². The standard InChI is InChI=1S/C12H18FN/c1-3-10-5-7-11(8-6-10)12(13,4-2)9-14/h5-8H,3-4,9,14H2,1-2H3/t12-/m1/s1. The summed E-state index contributed by atoms with van der Waals surface area (Å²) in [7, 11) is 0. The molecule has 0 bridgehead atoms. The predicted molar refractivity (Wildman–Crippen MR) is 58.0 cm³/mol. The minimum atomic E-state index is -1.35. The SMILES string of the molecule is CCc1ccc([C@@](F)(CC)CN)cc1. The number of hydrogen-bond acceptors (Lipinski definition) is 1. The number of aryl methyl sites for hydroxylation is 1. The summed E-state index contributed by atoms with van der Waals surface area (Å²) in [5, 5.41) is 0.